The van der Waals surface area contributed by atoms with Crippen LogP contribution in [0.1, 0.15) is 56.5 Å². The maximum atomic E-state index is 6.14. The highest BCUT2D eigenvalue weighted by atomic mass is 32.2. The fourth-order valence-corrected chi connectivity index (χ4v) is 6.25. The van der Waals surface area contributed by atoms with Crippen molar-refractivity contribution in [2.45, 2.75) is 51.2 Å². The van der Waals surface area contributed by atoms with Crippen molar-refractivity contribution in [3.63, 3.8) is 0 Å². The Morgan fingerprint density at radius 3 is 2.73 bits per heavy atom. The lowest BCUT2D eigenvalue weighted by Crippen LogP contribution is -2.35. The van der Waals surface area contributed by atoms with Gasteiger partial charge in [0.25, 0.3) is 0 Å². The number of ether oxygens (including phenoxy) is 1. The van der Waals surface area contributed by atoms with Crippen LogP contribution < -0.4 is 9.64 Å². The minimum absolute atomic E-state index is 0.0233. The number of pyridine rings is 1. The van der Waals surface area contributed by atoms with Gasteiger partial charge >= 0.3 is 0 Å². The topological polar surface area (TPSA) is 41.0 Å². The van der Waals surface area contributed by atoms with Gasteiger partial charge in [-0.3, -0.25) is 9.98 Å². The van der Waals surface area contributed by atoms with Crippen LogP contribution >= 0.6 is 11.8 Å². The van der Waals surface area contributed by atoms with Crippen LogP contribution in [0.4, 0.5) is 5.69 Å². The molecule has 2 fully saturated rings. The van der Waals surface area contributed by atoms with Crippen molar-refractivity contribution in [3.8, 4) is 5.75 Å². The van der Waals surface area contributed by atoms with Gasteiger partial charge in [-0.05, 0) is 56.0 Å². The molecule has 2 aromatic rings. The highest BCUT2D eigenvalue weighted by Crippen LogP contribution is 2.49. The zero-order valence-electron chi connectivity index (χ0n) is 17.8. The molecular weight excluding hydrogens is 392 g/mol. The van der Waals surface area contributed by atoms with E-state index < -0.39 is 0 Å². The molecule has 0 unspecified atom stereocenters. The van der Waals surface area contributed by atoms with Gasteiger partial charge in [0.1, 0.15) is 11.8 Å². The van der Waals surface area contributed by atoms with Gasteiger partial charge in [0.15, 0.2) is 5.17 Å². The number of anilines is 1. The van der Waals surface area contributed by atoms with Crippen molar-refractivity contribution in [1.82, 2.24) is 9.88 Å². The Kier molecular flexibility index (Phi) is 5.59. The minimum atomic E-state index is 0.0233. The van der Waals surface area contributed by atoms with Crippen LogP contribution in [0.2, 0.25) is 0 Å². The summed E-state index contributed by atoms with van der Waals surface area (Å²) in [5.41, 5.74) is 3.55. The quantitative estimate of drug-likeness (QED) is 0.651. The number of benzene rings is 1. The fourth-order valence-electron chi connectivity index (χ4n) is 4.91. The van der Waals surface area contributed by atoms with Gasteiger partial charge < -0.3 is 14.5 Å². The van der Waals surface area contributed by atoms with Crippen LogP contribution in [-0.2, 0) is 0 Å². The van der Waals surface area contributed by atoms with E-state index in [1.165, 1.54) is 29.3 Å². The van der Waals surface area contributed by atoms with Crippen LogP contribution in [0, 0.1) is 0 Å². The number of nitrogens with zero attached hydrogens (tertiary/aromatic N) is 4. The molecule has 5 nitrogen and oxygen atoms in total. The minimum Gasteiger partial charge on any atom is -0.492 e. The van der Waals surface area contributed by atoms with Crippen LogP contribution in [0.15, 0.2) is 47.6 Å². The summed E-state index contributed by atoms with van der Waals surface area (Å²) in [4.78, 5) is 14.8. The summed E-state index contributed by atoms with van der Waals surface area (Å²) < 4.78 is 6.14. The van der Waals surface area contributed by atoms with Crippen molar-refractivity contribution >= 4 is 22.6 Å². The Labute approximate surface area is 183 Å². The number of rotatable bonds is 6. The van der Waals surface area contributed by atoms with E-state index in [0.29, 0.717) is 12.6 Å². The van der Waals surface area contributed by atoms with E-state index in [1.807, 2.05) is 24.0 Å². The SMILES string of the molecule is CCOc1cc([C@@H]2[C@@H](c3ccccn3)N=C3SC[C@@H](CC)N32)ccc1N1CCCC1. The molecule has 3 atom stereocenters. The van der Waals surface area contributed by atoms with Gasteiger partial charge in [-0.25, -0.2) is 0 Å². The number of amidine groups is 1. The molecule has 1 aromatic heterocycles. The summed E-state index contributed by atoms with van der Waals surface area (Å²) in [6.45, 7) is 7.26. The van der Waals surface area contributed by atoms with Gasteiger partial charge in [-0.15, -0.1) is 0 Å². The van der Waals surface area contributed by atoms with E-state index in [1.54, 1.807) is 0 Å². The third-order valence-corrected chi connectivity index (χ3v) is 7.53. The Hall–Kier alpha value is -2.21. The Morgan fingerprint density at radius 1 is 1.13 bits per heavy atom. The number of fused-ring (bicyclic) bond motifs is 1. The zero-order chi connectivity index (χ0) is 20.5. The average molecular weight is 423 g/mol. The molecule has 3 aliphatic heterocycles. The van der Waals surface area contributed by atoms with Gasteiger partial charge in [0.2, 0.25) is 0 Å². The van der Waals surface area contributed by atoms with E-state index in [9.17, 15) is 0 Å². The van der Waals surface area contributed by atoms with Crippen molar-refractivity contribution in [3.05, 3.63) is 53.9 Å². The smallest absolute Gasteiger partial charge is 0.160 e. The molecule has 0 amide bonds. The first-order valence-electron chi connectivity index (χ1n) is 11.2. The van der Waals surface area contributed by atoms with Crippen molar-refractivity contribution < 1.29 is 4.74 Å². The highest BCUT2D eigenvalue weighted by Gasteiger charge is 2.45. The molecule has 0 saturated carbocycles. The lowest BCUT2D eigenvalue weighted by Gasteiger charge is -2.32. The standard InChI is InChI=1S/C24H30N4OS/c1-3-18-16-30-24-26-22(19-9-5-6-12-25-19)23(28(18)24)17-10-11-20(21(15-17)29-4-2)27-13-7-8-14-27/h5-6,9-12,15,18,22-23H,3-4,7-8,13-14,16H2,1-2H3/t18-,22-,23-/m1/s1. The Morgan fingerprint density at radius 2 is 2.00 bits per heavy atom. The Bertz CT molecular complexity index is 913. The predicted octanol–water partition coefficient (Wildman–Crippen LogP) is 5.06. The number of aromatic nitrogens is 1. The maximum Gasteiger partial charge on any atom is 0.160 e. The summed E-state index contributed by atoms with van der Waals surface area (Å²) in [6, 6.07) is 13.7. The molecule has 0 bridgehead atoms. The molecule has 0 N–H and O–H groups in total. The molecule has 1 aromatic carbocycles. The molecule has 2 saturated heterocycles. The van der Waals surface area contributed by atoms with Gasteiger partial charge in [-0.1, -0.05) is 30.8 Å². The largest absolute Gasteiger partial charge is 0.492 e. The van der Waals surface area contributed by atoms with Gasteiger partial charge in [-0.2, -0.15) is 0 Å². The van der Waals surface area contributed by atoms with Crippen LogP contribution in [0.5, 0.6) is 5.75 Å². The highest BCUT2D eigenvalue weighted by molar-refractivity contribution is 8.14. The molecule has 6 heteroatoms. The third kappa shape index (κ3) is 3.45. The molecule has 4 heterocycles. The van der Waals surface area contributed by atoms with Crippen LogP contribution in [0.3, 0.4) is 0 Å². The lowest BCUT2D eigenvalue weighted by molar-refractivity contribution is 0.254. The van der Waals surface area contributed by atoms with E-state index in [0.717, 1.165) is 36.7 Å². The van der Waals surface area contributed by atoms with E-state index >= 15 is 0 Å². The Balaban J connectivity index is 1.56. The number of aliphatic imine (C=N–C) groups is 1. The maximum absolute atomic E-state index is 6.14. The normalized spacial score (nSPS) is 25.5. The lowest BCUT2D eigenvalue weighted by atomic mass is 9.94. The summed E-state index contributed by atoms with van der Waals surface area (Å²) in [7, 11) is 0. The molecular formula is C24H30N4OS. The second-order valence-electron chi connectivity index (χ2n) is 8.19. The van der Waals surface area contributed by atoms with E-state index in [2.05, 4.69) is 59.0 Å². The van der Waals surface area contributed by atoms with Crippen LogP contribution in [-0.4, -0.2) is 46.5 Å². The van der Waals surface area contributed by atoms with E-state index in [4.69, 9.17) is 9.73 Å². The summed E-state index contributed by atoms with van der Waals surface area (Å²) in [5.74, 6) is 2.12. The second kappa shape index (κ2) is 8.50. The predicted molar refractivity (Wildman–Crippen MR) is 125 cm³/mol. The molecule has 0 aliphatic carbocycles. The number of hydrogen-bond acceptors (Lipinski definition) is 6. The van der Waals surface area contributed by atoms with Crippen molar-refractivity contribution in [2.75, 3.05) is 30.3 Å². The summed E-state index contributed by atoms with van der Waals surface area (Å²) in [6.07, 6.45) is 5.53. The average Bonchev–Trinajstić information content (AvgIpc) is 3.51. The second-order valence-corrected chi connectivity index (χ2v) is 9.18. The molecule has 5 rings (SSSR count). The van der Waals surface area contributed by atoms with Gasteiger partial charge in [0.05, 0.1) is 24.0 Å². The molecule has 0 spiro atoms. The fraction of sp³-hybridized carbons (Fsp3) is 0.500. The monoisotopic (exact) mass is 422 g/mol. The third-order valence-electron chi connectivity index (χ3n) is 6.40. The number of thioether (sulfide) groups is 1. The van der Waals surface area contributed by atoms with E-state index in [-0.39, 0.29) is 12.1 Å². The first kappa shape index (κ1) is 19.7. The van der Waals surface area contributed by atoms with Crippen molar-refractivity contribution in [1.29, 1.82) is 0 Å². The molecule has 3 aliphatic rings. The molecule has 158 valence electrons. The van der Waals surface area contributed by atoms with Crippen LogP contribution in [0.25, 0.3) is 0 Å². The van der Waals surface area contributed by atoms with Crippen molar-refractivity contribution in [2.24, 2.45) is 4.99 Å². The first-order valence-corrected chi connectivity index (χ1v) is 12.2. The van der Waals surface area contributed by atoms with Gasteiger partial charge in [0, 0.05) is 31.1 Å². The zero-order valence-corrected chi connectivity index (χ0v) is 18.6. The summed E-state index contributed by atoms with van der Waals surface area (Å²) in [5, 5.41) is 1.17. The molecule has 30 heavy (non-hydrogen) atoms. The summed E-state index contributed by atoms with van der Waals surface area (Å²) >= 11 is 1.89. The molecule has 0 radical (unpaired) electrons. The first-order chi connectivity index (χ1) is 14.8. The number of hydrogen-bond donors (Lipinski definition) is 0.